The number of benzene rings is 2. The molecule has 28 heavy (non-hydrogen) atoms. The Labute approximate surface area is 164 Å². The molecule has 0 bridgehead atoms. The van der Waals surface area contributed by atoms with Crippen LogP contribution in [0.15, 0.2) is 42.5 Å². The number of nitrogens with zero attached hydrogens (tertiary/aromatic N) is 1. The fraction of sp³-hybridized carbons (Fsp3) is 0.333. The molecule has 0 unspecified atom stereocenters. The van der Waals surface area contributed by atoms with E-state index in [1.54, 1.807) is 18.2 Å². The number of nitrogens with one attached hydrogen (secondary N) is 1. The first-order valence-electron chi connectivity index (χ1n) is 9.08. The van der Waals surface area contributed by atoms with Gasteiger partial charge in [-0.05, 0) is 35.4 Å². The van der Waals surface area contributed by atoms with E-state index in [-0.39, 0.29) is 18.9 Å². The number of anilines is 1. The number of carbonyl (C=O) groups excluding carboxylic acids is 2. The molecule has 1 N–H and O–H groups in total. The molecule has 1 aliphatic rings. The second kappa shape index (κ2) is 9.12. The van der Waals surface area contributed by atoms with Crippen LogP contribution in [-0.2, 0) is 27.3 Å². The maximum absolute atomic E-state index is 12.0. The molecular weight excluding hydrogens is 360 g/mol. The number of ether oxygens (including phenoxy) is 3. The Morgan fingerprint density at radius 3 is 2.39 bits per heavy atom. The van der Waals surface area contributed by atoms with Crippen molar-refractivity contribution in [2.75, 3.05) is 38.8 Å². The van der Waals surface area contributed by atoms with E-state index in [2.05, 4.69) is 5.32 Å². The minimum atomic E-state index is -0.470. The summed E-state index contributed by atoms with van der Waals surface area (Å²) < 4.78 is 16.0. The topological polar surface area (TPSA) is 77.1 Å². The van der Waals surface area contributed by atoms with E-state index in [4.69, 9.17) is 14.2 Å². The Hall–Kier alpha value is -3.22. The molecule has 0 saturated heterocycles. The summed E-state index contributed by atoms with van der Waals surface area (Å²) in [5.41, 5.74) is 2.81. The van der Waals surface area contributed by atoms with Gasteiger partial charge in [-0.3, -0.25) is 9.59 Å². The van der Waals surface area contributed by atoms with Gasteiger partial charge >= 0.3 is 5.97 Å². The first kappa shape index (κ1) is 19.5. The van der Waals surface area contributed by atoms with Crippen LogP contribution in [0.2, 0.25) is 0 Å². The molecule has 2 aromatic rings. The number of rotatable bonds is 7. The smallest absolute Gasteiger partial charge is 0.310 e. The first-order valence-corrected chi connectivity index (χ1v) is 9.08. The molecule has 0 atom stereocenters. The van der Waals surface area contributed by atoms with Gasteiger partial charge in [0.2, 0.25) is 0 Å². The van der Waals surface area contributed by atoms with Gasteiger partial charge in [0.25, 0.3) is 5.91 Å². The lowest BCUT2D eigenvalue weighted by Crippen LogP contribution is -2.28. The van der Waals surface area contributed by atoms with E-state index in [1.807, 2.05) is 43.3 Å². The number of esters is 1. The fourth-order valence-electron chi connectivity index (χ4n) is 2.73. The molecule has 0 saturated carbocycles. The van der Waals surface area contributed by atoms with Crippen molar-refractivity contribution < 1.29 is 23.8 Å². The zero-order valence-electron chi connectivity index (χ0n) is 16.1. The molecule has 1 amide bonds. The average molecular weight is 384 g/mol. The van der Waals surface area contributed by atoms with Crippen molar-refractivity contribution in [3.05, 3.63) is 53.6 Å². The van der Waals surface area contributed by atoms with Crippen LogP contribution in [0.5, 0.6) is 11.5 Å². The minimum Gasteiger partial charge on any atom is -0.486 e. The molecule has 3 rings (SSSR count). The highest BCUT2D eigenvalue weighted by Gasteiger charge is 2.14. The minimum absolute atomic E-state index is 0.0654. The molecule has 1 aliphatic heterocycles. The Balaban J connectivity index is 1.41. The van der Waals surface area contributed by atoms with Crippen LogP contribution >= 0.6 is 0 Å². The number of fused-ring (bicyclic) bond motifs is 1. The third-order valence-corrected chi connectivity index (χ3v) is 4.26. The highest BCUT2D eigenvalue weighted by molar-refractivity contribution is 5.81. The van der Waals surface area contributed by atoms with Crippen LogP contribution < -0.4 is 19.7 Å². The van der Waals surface area contributed by atoms with Gasteiger partial charge in [-0.1, -0.05) is 18.2 Å². The lowest BCUT2D eigenvalue weighted by Gasteiger charge is -2.18. The predicted molar refractivity (Wildman–Crippen MR) is 105 cm³/mol. The highest BCUT2D eigenvalue weighted by Crippen LogP contribution is 2.30. The molecule has 0 aromatic heterocycles. The molecule has 2 aromatic carbocycles. The number of carbonyl (C=O) groups is 2. The standard InChI is InChI=1S/C21H24N2O5/c1-23(2)17-6-3-15(4-7-17)13-22-20(24)14-28-21(25)12-16-5-8-18-19(11-16)27-10-9-26-18/h3-8,11H,9-10,12-14H2,1-2H3,(H,22,24). The van der Waals surface area contributed by atoms with E-state index in [0.717, 1.165) is 16.8 Å². The molecule has 0 fully saturated rings. The Morgan fingerprint density at radius 2 is 1.68 bits per heavy atom. The third kappa shape index (κ3) is 5.39. The zero-order chi connectivity index (χ0) is 19.9. The molecule has 7 nitrogen and oxygen atoms in total. The SMILES string of the molecule is CN(C)c1ccc(CNC(=O)COC(=O)Cc2ccc3c(c2)OCCO3)cc1. The van der Waals surface area contributed by atoms with E-state index in [1.165, 1.54) is 0 Å². The second-order valence-electron chi connectivity index (χ2n) is 6.65. The van der Waals surface area contributed by atoms with Crippen molar-refractivity contribution in [1.82, 2.24) is 5.32 Å². The van der Waals surface area contributed by atoms with Crippen molar-refractivity contribution >= 4 is 17.6 Å². The summed E-state index contributed by atoms with van der Waals surface area (Å²) in [6.45, 7) is 1.08. The van der Waals surface area contributed by atoms with E-state index < -0.39 is 5.97 Å². The van der Waals surface area contributed by atoms with Crippen LogP contribution in [0.1, 0.15) is 11.1 Å². The Morgan fingerprint density at radius 1 is 1.00 bits per heavy atom. The van der Waals surface area contributed by atoms with Crippen molar-refractivity contribution in [2.45, 2.75) is 13.0 Å². The molecule has 0 radical (unpaired) electrons. The zero-order valence-corrected chi connectivity index (χ0v) is 16.1. The first-order chi connectivity index (χ1) is 13.5. The number of hydrogen-bond acceptors (Lipinski definition) is 6. The van der Waals surface area contributed by atoms with Crippen LogP contribution in [0.25, 0.3) is 0 Å². The van der Waals surface area contributed by atoms with Gasteiger partial charge in [0.15, 0.2) is 18.1 Å². The molecule has 7 heteroatoms. The van der Waals surface area contributed by atoms with Crippen molar-refractivity contribution in [2.24, 2.45) is 0 Å². The van der Waals surface area contributed by atoms with Crippen molar-refractivity contribution in [3.63, 3.8) is 0 Å². The van der Waals surface area contributed by atoms with Crippen LogP contribution in [0.3, 0.4) is 0 Å². The lowest BCUT2D eigenvalue weighted by molar-refractivity contribution is -0.147. The van der Waals surface area contributed by atoms with Crippen LogP contribution in [0, 0.1) is 0 Å². The monoisotopic (exact) mass is 384 g/mol. The van der Waals surface area contributed by atoms with E-state index in [9.17, 15) is 9.59 Å². The van der Waals surface area contributed by atoms with Gasteiger partial charge in [-0.15, -0.1) is 0 Å². The van der Waals surface area contributed by atoms with Crippen molar-refractivity contribution in [1.29, 1.82) is 0 Å². The molecular formula is C21H24N2O5. The second-order valence-corrected chi connectivity index (χ2v) is 6.65. The maximum atomic E-state index is 12.0. The third-order valence-electron chi connectivity index (χ3n) is 4.26. The van der Waals surface area contributed by atoms with Crippen molar-refractivity contribution in [3.8, 4) is 11.5 Å². The molecule has 1 heterocycles. The molecule has 0 spiro atoms. The van der Waals surface area contributed by atoms with Gasteiger partial charge in [0, 0.05) is 26.3 Å². The molecule has 0 aliphatic carbocycles. The summed E-state index contributed by atoms with van der Waals surface area (Å²) in [7, 11) is 3.94. The van der Waals surface area contributed by atoms with Gasteiger partial charge in [-0.2, -0.15) is 0 Å². The highest BCUT2D eigenvalue weighted by atomic mass is 16.6. The van der Waals surface area contributed by atoms with Crippen LogP contribution in [0.4, 0.5) is 5.69 Å². The summed E-state index contributed by atoms with van der Waals surface area (Å²) in [6, 6.07) is 13.2. The lowest BCUT2D eigenvalue weighted by atomic mass is 10.1. The predicted octanol–water partition coefficient (Wildman–Crippen LogP) is 1.93. The Bertz CT molecular complexity index is 833. The quantitative estimate of drug-likeness (QED) is 0.735. The summed E-state index contributed by atoms with van der Waals surface area (Å²) in [6.07, 6.45) is 0.0654. The molecule has 148 valence electrons. The van der Waals surface area contributed by atoms with Gasteiger partial charge in [0.05, 0.1) is 6.42 Å². The van der Waals surface area contributed by atoms with Gasteiger partial charge in [0.1, 0.15) is 13.2 Å². The fourth-order valence-corrected chi connectivity index (χ4v) is 2.73. The summed E-state index contributed by atoms with van der Waals surface area (Å²) in [5, 5.41) is 2.74. The summed E-state index contributed by atoms with van der Waals surface area (Å²) in [4.78, 5) is 25.9. The normalized spacial score (nSPS) is 12.2. The average Bonchev–Trinajstić information content (AvgIpc) is 2.71. The maximum Gasteiger partial charge on any atom is 0.310 e. The number of hydrogen-bond donors (Lipinski definition) is 1. The van der Waals surface area contributed by atoms with E-state index in [0.29, 0.717) is 31.3 Å². The summed E-state index contributed by atoms with van der Waals surface area (Å²) in [5.74, 6) is 0.477. The van der Waals surface area contributed by atoms with Gasteiger partial charge in [-0.25, -0.2) is 0 Å². The Kier molecular flexibility index (Phi) is 6.37. The summed E-state index contributed by atoms with van der Waals surface area (Å²) >= 11 is 0. The largest absolute Gasteiger partial charge is 0.486 e. The van der Waals surface area contributed by atoms with Crippen LogP contribution in [-0.4, -0.2) is 45.8 Å². The van der Waals surface area contributed by atoms with Gasteiger partial charge < -0.3 is 24.4 Å². The van der Waals surface area contributed by atoms with E-state index >= 15 is 0 Å². The number of amides is 1.